The van der Waals surface area contributed by atoms with Crippen LogP contribution in [0.3, 0.4) is 0 Å². The molecule has 5 rings (SSSR count). The SMILES string of the molecule is CON(CC(=O)Nc1ccc2c(c1O)C(O)=C1C(=O)[C@]3(O)C(O)=C(C(N)=O)C(=O)[C@@H](N(C)C)[C@@H]3[C@@H](O)[C@@H]1[C@H]2C)[C@H]1O[C@H](CO)[C@@H](O)[C@H](O)[C@H]1N. The van der Waals surface area contributed by atoms with Crippen molar-refractivity contribution in [3.05, 3.63) is 40.2 Å². The number of likely N-dealkylation sites (N-methyl/N-ethyl adjacent to an activating group) is 1. The number of nitrogens with two attached hydrogens (primary N) is 2. The molecular weight excluding hydrogens is 666 g/mol. The summed E-state index contributed by atoms with van der Waals surface area (Å²) in [6.45, 7) is 0.250. The van der Waals surface area contributed by atoms with Crippen LogP contribution in [0.15, 0.2) is 29.0 Å². The van der Waals surface area contributed by atoms with Gasteiger partial charge in [0, 0.05) is 11.5 Å². The second-order valence-corrected chi connectivity index (χ2v) is 13.1. The molecule has 1 aromatic rings. The number of nitrogens with one attached hydrogen (secondary N) is 1. The minimum absolute atomic E-state index is 0.216. The number of benzene rings is 1. The van der Waals surface area contributed by atoms with Crippen molar-refractivity contribution < 1.29 is 69.6 Å². The second kappa shape index (κ2) is 13.3. The zero-order valence-corrected chi connectivity index (χ0v) is 27.4. The Labute approximate surface area is 284 Å². The molecule has 4 aliphatic rings. The summed E-state index contributed by atoms with van der Waals surface area (Å²) in [6.07, 6.45) is -7.40. The highest BCUT2D eigenvalue weighted by Gasteiger charge is 2.68. The number of carbonyl (C=O) groups excluding carboxylic acids is 4. The number of anilines is 1. The average molecular weight is 708 g/mol. The zero-order chi connectivity index (χ0) is 37.3. The average Bonchev–Trinajstić information content (AvgIpc) is 3.05. The van der Waals surface area contributed by atoms with Crippen LogP contribution in [0.4, 0.5) is 5.69 Å². The Bertz CT molecular complexity index is 1680. The Morgan fingerprint density at radius 1 is 1.08 bits per heavy atom. The summed E-state index contributed by atoms with van der Waals surface area (Å²) < 4.78 is 5.53. The first-order chi connectivity index (χ1) is 23.4. The van der Waals surface area contributed by atoms with E-state index in [4.69, 9.17) is 21.0 Å². The molecule has 13 N–H and O–H groups in total. The Balaban J connectivity index is 1.52. The summed E-state index contributed by atoms with van der Waals surface area (Å²) in [7, 11) is 3.97. The summed E-state index contributed by atoms with van der Waals surface area (Å²) >= 11 is 0. The Kier molecular flexibility index (Phi) is 9.88. The van der Waals surface area contributed by atoms with Gasteiger partial charge >= 0.3 is 0 Å². The van der Waals surface area contributed by atoms with Crippen molar-refractivity contribution in [3.63, 3.8) is 0 Å². The van der Waals surface area contributed by atoms with E-state index < -0.39 is 131 Å². The lowest BCUT2D eigenvalue weighted by molar-refractivity contribution is -0.298. The molecule has 0 spiro atoms. The van der Waals surface area contributed by atoms with Crippen molar-refractivity contribution in [1.82, 2.24) is 9.96 Å². The maximum Gasteiger partial charge on any atom is 0.255 e. The Morgan fingerprint density at radius 3 is 2.28 bits per heavy atom. The normalized spacial score (nSPS) is 35.6. The van der Waals surface area contributed by atoms with Gasteiger partial charge < -0.3 is 62.4 Å². The number of ether oxygens (including phenoxy) is 1. The van der Waals surface area contributed by atoms with E-state index in [0.717, 1.165) is 5.06 Å². The van der Waals surface area contributed by atoms with Crippen LogP contribution in [0, 0.1) is 11.8 Å². The first-order valence-corrected chi connectivity index (χ1v) is 15.5. The standard InChI is InChI=1S/C31H41N5O14/c1-9-10-5-6-11(34-13(38)7-36(49-4)30-19(32)26(44)22(40)12(8-37)50-30)21(39)15(10)23(41)16-14(9)24(42)18-20(35(2)3)25(43)17(29(33)47)28(46)31(18,48)27(16)45/h5-6,9,12,14,18-20,22,24,26,30,37,39-42,44,46,48H,7-8,32H2,1-4H3,(H2,33,47)(H,34,38)/t9-,12+,14+,18+,19+,20-,22+,24-,26+,30-,31-/m0/s1. The lowest BCUT2D eigenvalue weighted by Crippen LogP contribution is -2.70. The van der Waals surface area contributed by atoms with E-state index in [2.05, 4.69) is 5.32 Å². The minimum Gasteiger partial charge on any atom is -0.508 e. The van der Waals surface area contributed by atoms with Gasteiger partial charge in [0.1, 0.15) is 47.7 Å². The van der Waals surface area contributed by atoms with Gasteiger partial charge in [-0.2, -0.15) is 0 Å². The first kappa shape index (κ1) is 37.2. The van der Waals surface area contributed by atoms with Crippen molar-refractivity contribution in [2.24, 2.45) is 23.3 Å². The van der Waals surface area contributed by atoms with Gasteiger partial charge in [0.15, 0.2) is 17.6 Å². The molecule has 1 saturated carbocycles. The third-order valence-electron chi connectivity index (χ3n) is 10.2. The molecule has 11 atom stereocenters. The number of hydroxylamine groups is 2. The third kappa shape index (κ3) is 5.37. The second-order valence-electron chi connectivity index (χ2n) is 13.1. The van der Waals surface area contributed by atoms with Gasteiger partial charge in [-0.3, -0.25) is 28.9 Å². The number of aliphatic hydroxyl groups excluding tert-OH is 6. The molecule has 19 heteroatoms. The number of nitrogens with zero attached hydrogens (tertiary/aromatic N) is 2. The number of ketones is 2. The van der Waals surface area contributed by atoms with E-state index in [-0.39, 0.29) is 16.8 Å². The van der Waals surface area contributed by atoms with E-state index in [1.165, 1.54) is 38.2 Å². The number of hydrogen-bond acceptors (Lipinski definition) is 17. The molecule has 1 heterocycles. The fraction of sp³-hybridized carbons (Fsp3) is 0.548. The molecule has 50 heavy (non-hydrogen) atoms. The van der Waals surface area contributed by atoms with E-state index >= 15 is 0 Å². The lowest BCUT2D eigenvalue weighted by atomic mass is 9.54. The number of phenolic OH excluding ortho intramolecular Hbond substituents is 1. The molecule has 3 aliphatic carbocycles. The largest absolute Gasteiger partial charge is 0.508 e. The number of phenols is 1. The number of aliphatic hydroxyl groups is 7. The van der Waals surface area contributed by atoms with Crippen molar-refractivity contribution in [2.75, 3.05) is 39.7 Å². The summed E-state index contributed by atoms with van der Waals surface area (Å²) in [5.41, 5.74) is 6.19. The van der Waals surface area contributed by atoms with Crippen molar-refractivity contribution >= 4 is 34.8 Å². The number of amides is 2. The van der Waals surface area contributed by atoms with E-state index in [1.807, 2.05) is 0 Å². The van der Waals surface area contributed by atoms with E-state index in [9.17, 15) is 60.0 Å². The van der Waals surface area contributed by atoms with Crippen LogP contribution in [0.1, 0.15) is 24.0 Å². The highest BCUT2D eigenvalue weighted by molar-refractivity contribution is 6.24. The van der Waals surface area contributed by atoms with Crippen molar-refractivity contribution in [3.8, 4) is 5.75 Å². The molecule has 1 saturated heterocycles. The highest BCUT2D eigenvalue weighted by atomic mass is 16.7. The van der Waals surface area contributed by atoms with Crippen LogP contribution in [0.25, 0.3) is 5.76 Å². The summed E-state index contributed by atoms with van der Waals surface area (Å²) in [5.74, 6) is -11.5. The molecule has 0 unspecified atom stereocenters. The fourth-order valence-corrected chi connectivity index (χ4v) is 7.68. The number of Topliss-reactive ketones (excluding diaryl/α,β-unsaturated/α-hetero) is 2. The predicted octanol–water partition coefficient (Wildman–Crippen LogP) is -3.94. The topological polar surface area (TPSA) is 319 Å². The van der Waals surface area contributed by atoms with Crippen LogP contribution in [-0.4, -0.2) is 157 Å². The van der Waals surface area contributed by atoms with E-state index in [0.29, 0.717) is 0 Å². The number of primary amides is 1. The molecule has 19 nitrogen and oxygen atoms in total. The quantitative estimate of drug-likeness (QED) is 0.0698. The minimum atomic E-state index is -3.09. The van der Waals surface area contributed by atoms with Crippen LogP contribution in [0.2, 0.25) is 0 Å². The lowest BCUT2D eigenvalue weighted by Gasteiger charge is -2.53. The van der Waals surface area contributed by atoms with Crippen LogP contribution in [-0.2, 0) is 28.8 Å². The van der Waals surface area contributed by atoms with Gasteiger partial charge in [-0.1, -0.05) is 13.0 Å². The molecule has 274 valence electrons. The van der Waals surface area contributed by atoms with Gasteiger partial charge in [0.05, 0.1) is 49.1 Å². The molecule has 0 aromatic heterocycles. The molecule has 1 aromatic carbocycles. The van der Waals surface area contributed by atoms with Gasteiger partial charge in [-0.15, -0.1) is 5.06 Å². The number of hydrogen-bond donors (Lipinski definition) is 11. The highest BCUT2D eigenvalue weighted by Crippen LogP contribution is 2.56. The van der Waals surface area contributed by atoms with Crippen molar-refractivity contribution in [1.29, 1.82) is 0 Å². The molecule has 0 radical (unpaired) electrons. The summed E-state index contributed by atoms with van der Waals surface area (Å²) in [5, 5.41) is 90.8. The molecule has 0 bridgehead atoms. The molecule has 2 fully saturated rings. The predicted molar refractivity (Wildman–Crippen MR) is 168 cm³/mol. The maximum atomic E-state index is 14.2. The molecule has 2 amide bonds. The van der Waals surface area contributed by atoms with Crippen molar-refractivity contribution in [2.45, 2.75) is 61.2 Å². The zero-order valence-electron chi connectivity index (χ0n) is 27.4. The first-order valence-electron chi connectivity index (χ1n) is 15.5. The number of aromatic hydroxyl groups is 1. The van der Waals surface area contributed by atoms with Gasteiger partial charge in [-0.05, 0) is 31.6 Å². The summed E-state index contributed by atoms with van der Waals surface area (Å²) in [4.78, 5) is 59.3. The van der Waals surface area contributed by atoms with Gasteiger partial charge in [0.25, 0.3) is 5.91 Å². The van der Waals surface area contributed by atoms with Crippen LogP contribution >= 0.6 is 0 Å². The summed E-state index contributed by atoms with van der Waals surface area (Å²) in [6, 6.07) is -0.0759. The smallest absolute Gasteiger partial charge is 0.255 e. The Hall–Kier alpha value is -4.02. The van der Waals surface area contributed by atoms with Gasteiger partial charge in [0.2, 0.25) is 11.7 Å². The third-order valence-corrected chi connectivity index (χ3v) is 10.2. The number of fused-ring (bicyclic) bond motifs is 3. The fourth-order valence-electron chi connectivity index (χ4n) is 7.68. The molecular formula is C31H41N5O14. The molecule has 1 aliphatic heterocycles. The maximum absolute atomic E-state index is 14.2. The monoisotopic (exact) mass is 707 g/mol. The number of carbonyl (C=O) groups is 4. The van der Waals surface area contributed by atoms with Gasteiger partial charge in [-0.25, -0.2) is 0 Å². The van der Waals surface area contributed by atoms with E-state index in [1.54, 1.807) is 6.92 Å². The van der Waals surface area contributed by atoms with Crippen LogP contribution in [0.5, 0.6) is 5.75 Å². The number of rotatable bonds is 8. The Morgan fingerprint density at radius 2 is 1.72 bits per heavy atom. The van der Waals surface area contributed by atoms with Crippen LogP contribution < -0.4 is 16.8 Å².